The first-order chi connectivity index (χ1) is 29.0. The van der Waals surface area contributed by atoms with Crippen LogP contribution in [-0.4, -0.2) is 9.13 Å². The highest BCUT2D eigenvalue weighted by molar-refractivity contribution is 6.13. The molecule has 0 atom stereocenters. The molecular formula is C57H40N2. The smallest absolute Gasteiger partial charge is 0.0541 e. The van der Waals surface area contributed by atoms with Gasteiger partial charge in [-0.05, 0) is 122 Å². The number of benzene rings is 9. The van der Waals surface area contributed by atoms with E-state index in [1.165, 1.54) is 111 Å². The van der Waals surface area contributed by atoms with Crippen molar-refractivity contribution >= 4 is 43.6 Å². The van der Waals surface area contributed by atoms with E-state index in [0.29, 0.717) is 0 Å². The Morgan fingerprint density at radius 3 is 1.39 bits per heavy atom. The average molecular weight is 753 g/mol. The van der Waals surface area contributed by atoms with Gasteiger partial charge in [0.2, 0.25) is 0 Å². The molecular weight excluding hydrogens is 713 g/mol. The Morgan fingerprint density at radius 2 is 0.729 bits per heavy atom. The molecule has 1 aliphatic carbocycles. The summed E-state index contributed by atoms with van der Waals surface area (Å²) >= 11 is 0. The van der Waals surface area contributed by atoms with E-state index in [0.717, 1.165) is 0 Å². The number of fused-ring (bicyclic) bond motifs is 9. The van der Waals surface area contributed by atoms with Gasteiger partial charge in [0, 0.05) is 38.3 Å². The fourth-order valence-corrected chi connectivity index (χ4v) is 9.99. The molecule has 2 nitrogen and oxygen atoms in total. The van der Waals surface area contributed by atoms with Gasteiger partial charge >= 0.3 is 0 Å². The molecule has 2 aromatic heterocycles. The molecule has 2 heteroatoms. The third-order valence-electron chi connectivity index (χ3n) is 12.9. The van der Waals surface area contributed by atoms with Gasteiger partial charge in [-0.3, -0.25) is 0 Å². The lowest BCUT2D eigenvalue weighted by molar-refractivity contribution is 0.660. The molecule has 1 aliphatic rings. The molecule has 12 rings (SSSR count). The predicted molar refractivity (Wildman–Crippen MR) is 249 cm³/mol. The minimum absolute atomic E-state index is 0.0881. The van der Waals surface area contributed by atoms with Crippen LogP contribution in [0.4, 0.5) is 0 Å². The number of aromatic nitrogens is 2. The Kier molecular flexibility index (Phi) is 7.31. The molecule has 9 aromatic carbocycles. The standard InChI is InChI=1S/C57H40N2/c1-57(2)51-19-11-9-17-45(51)46-29-28-44(36-52(46)57)59-55-30-25-40(39-23-21-38(22-24-39)37-13-5-3-6-14-37)33-49(55)50-35-42(27-32-56(50)59)41-26-31-54-48(34-41)47-18-10-12-20-53(47)58(54)43-15-7-4-8-16-43/h3-36H,1-2H3. The third kappa shape index (κ3) is 5.13. The number of hydrogen-bond acceptors (Lipinski definition) is 0. The molecule has 0 amide bonds. The normalized spacial score (nSPS) is 13.1. The van der Waals surface area contributed by atoms with Gasteiger partial charge in [0.15, 0.2) is 0 Å². The Labute approximate surface area is 343 Å². The van der Waals surface area contributed by atoms with Crippen molar-refractivity contribution in [1.82, 2.24) is 9.13 Å². The predicted octanol–water partition coefficient (Wildman–Crippen LogP) is 15.2. The van der Waals surface area contributed by atoms with E-state index < -0.39 is 0 Å². The molecule has 0 fully saturated rings. The third-order valence-corrected chi connectivity index (χ3v) is 12.9. The maximum Gasteiger partial charge on any atom is 0.0541 e. The molecule has 59 heavy (non-hydrogen) atoms. The number of hydrogen-bond donors (Lipinski definition) is 0. The summed E-state index contributed by atoms with van der Waals surface area (Å²) in [5, 5.41) is 5.01. The lowest BCUT2D eigenvalue weighted by atomic mass is 9.82. The summed E-state index contributed by atoms with van der Waals surface area (Å²) in [5.41, 5.74) is 19.8. The van der Waals surface area contributed by atoms with Crippen molar-refractivity contribution in [3.63, 3.8) is 0 Å². The molecule has 11 aromatic rings. The summed E-state index contributed by atoms with van der Waals surface area (Å²) in [5.74, 6) is 0. The van der Waals surface area contributed by atoms with E-state index in [4.69, 9.17) is 0 Å². The molecule has 0 saturated heterocycles. The van der Waals surface area contributed by atoms with E-state index in [1.807, 2.05) is 0 Å². The summed E-state index contributed by atoms with van der Waals surface area (Å²) in [6.07, 6.45) is 0. The van der Waals surface area contributed by atoms with Crippen LogP contribution in [0.2, 0.25) is 0 Å². The van der Waals surface area contributed by atoms with Crippen LogP contribution < -0.4 is 0 Å². The average Bonchev–Trinajstić information content (AvgIpc) is 3.89. The highest BCUT2D eigenvalue weighted by Crippen LogP contribution is 2.50. The van der Waals surface area contributed by atoms with E-state index in [9.17, 15) is 0 Å². The zero-order valence-corrected chi connectivity index (χ0v) is 33.0. The first kappa shape index (κ1) is 33.7. The maximum absolute atomic E-state index is 2.48. The van der Waals surface area contributed by atoms with Crippen LogP contribution in [0, 0.1) is 0 Å². The Bertz CT molecular complexity index is 3440. The van der Waals surface area contributed by atoms with Crippen LogP contribution in [0.3, 0.4) is 0 Å². The topological polar surface area (TPSA) is 9.86 Å². The maximum atomic E-state index is 2.48. The molecule has 0 aliphatic heterocycles. The first-order valence-corrected chi connectivity index (χ1v) is 20.6. The molecule has 0 unspecified atom stereocenters. The highest BCUT2D eigenvalue weighted by Gasteiger charge is 2.35. The van der Waals surface area contributed by atoms with Crippen LogP contribution >= 0.6 is 0 Å². The lowest BCUT2D eigenvalue weighted by Gasteiger charge is -2.22. The molecule has 0 bridgehead atoms. The summed E-state index contributed by atoms with van der Waals surface area (Å²) in [6, 6.07) is 76.1. The van der Waals surface area contributed by atoms with Gasteiger partial charge in [-0.25, -0.2) is 0 Å². The molecule has 0 saturated carbocycles. The van der Waals surface area contributed by atoms with Gasteiger partial charge in [0.1, 0.15) is 0 Å². The van der Waals surface area contributed by atoms with E-state index in [-0.39, 0.29) is 5.41 Å². The Hall–Kier alpha value is -7.42. The van der Waals surface area contributed by atoms with Crippen LogP contribution in [0.25, 0.3) is 99.5 Å². The molecule has 2 heterocycles. The van der Waals surface area contributed by atoms with Gasteiger partial charge in [0.25, 0.3) is 0 Å². The van der Waals surface area contributed by atoms with Crippen molar-refractivity contribution in [3.05, 3.63) is 217 Å². The Morgan fingerprint density at radius 1 is 0.288 bits per heavy atom. The number of nitrogens with zero attached hydrogens (tertiary/aromatic N) is 2. The van der Waals surface area contributed by atoms with Crippen LogP contribution in [-0.2, 0) is 5.41 Å². The summed E-state index contributed by atoms with van der Waals surface area (Å²) in [6.45, 7) is 4.73. The van der Waals surface area contributed by atoms with Crippen LogP contribution in [0.15, 0.2) is 206 Å². The SMILES string of the molecule is CC1(C)c2ccccc2-c2ccc(-n3c4ccc(-c5ccc(-c6ccccc6)cc5)cc4c4cc(-c5ccc6c(c5)c5ccccc5n6-c5ccccc5)ccc43)cc21. The van der Waals surface area contributed by atoms with E-state index in [2.05, 4.69) is 229 Å². The summed E-state index contributed by atoms with van der Waals surface area (Å²) in [4.78, 5) is 0. The van der Waals surface area contributed by atoms with Crippen molar-refractivity contribution in [1.29, 1.82) is 0 Å². The van der Waals surface area contributed by atoms with Crippen molar-refractivity contribution in [3.8, 4) is 55.9 Å². The second kappa shape index (κ2) is 12.8. The van der Waals surface area contributed by atoms with Crippen molar-refractivity contribution < 1.29 is 0 Å². The van der Waals surface area contributed by atoms with Gasteiger partial charge in [0.05, 0.1) is 22.1 Å². The molecule has 0 radical (unpaired) electrons. The second-order valence-electron chi connectivity index (χ2n) is 16.6. The van der Waals surface area contributed by atoms with Crippen molar-refractivity contribution in [2.75, 3.05) is 0 Å². The van der Waals surface area contributed by atoms with Gasteiger partial charge in [-0.15, -0.1) is 0 Å². The highest BCUT2D eigenvalue weighted by atomic mass is 15.0. The molecule has 0 spiro atoms. The van der Waals surface area contributed by atoms with Crippen molar-refractivity contribution in [2.24, 2.45) is 0 Å². The summed E-state index contributed by atoms with van der Waals surface area (Å²) in [7, 11) is 0. The van der Waals surface area contributed by atoms with E-state index >= 15 is 0 Å². The lowest BCUT2D eigenvalue weighted by Crippen LogP contribution is -2.15. The van der Waals surface area contributed by atoms with Crippen LogP contribution in [0.5, 0.6) is 0 Å². The van der Waals surface area contributed by atoms with Gasteiger partial charge < -0.3 is 9.13 Å². The fourth-order valence-electron chi connectivity index (χ4n) is 9.99. The fraction of sp³-hybridized carbons (Fsp3) is 0.0526. The number of para-hydroxylation sites is 2. The van der Waals surface area contributed by atoms with Crippen LogP contribution in [0.1, 0.15) is 25.0 Å². The first-order valence-electron chi connectivity index (χ1n) is 20.6. The van der Waals surface area contributed by atoms with Crippen molar-refractivity contribution in [2.45, 2.75) is 19.3 Å². The second-order valence-corrected chi connectivity index (χ2v) is 16.6. The zero-order chi connectivity index (χ0) is 39.2. The molecule has 278 valence electrons. The number of rotatable bonds is 5. The molecule has 0 N–H and O–H groups in total. The Balaban J connectivity index is 1.05. The monoisotopic (exact) mass is 752 g/mol. The minimum Gasteiger partial charge on any atom is -0.309 e. The van der Waals surface area contributed by atoms with Gasteiger partial charge in [-0.2, -0.15) is 0 Å². The zero-order valence-electron chi connectivity index (χ0n) is 33.0. The quantitative estimate of drug-likeness (QED) is 0.166. The largest absolute Gasteiger partial charge is 0.309 e. The minimum atomic E-state index is -0.0881. The summed E-state index contributed by atoms with van der Waals surface area (Å²) < 4.78 is 4.86. The van der Waals surface area contributed by atoms with E-state index in [1.54, 1.807) is 0 Å². The van der Waals surface area contributed by atoms with Gasteiger partial charge in [-0.1, -0.05) is 153 Å².